The minimum atomic E-state index is 0.0235. The van der Waals surface area contributed by atoms with E-state index >= 15 is 0 Å². The second-order valence-electron chi connectivity index (χ2n) is 7.66. The Balaban J connectivity index is 1.80. The highest BCUT2D eigenvalue weighted by molar-refractivity contribution is 5.92. The molecule has 0 unspecified atom stereocenters. The van der Waals surface area contributed by atoms with Gasteiger partial charge in [0.25, 0.3) is 0 Å². The van der Waals surface area contributed by atoms with Crippen LogP contribution in [0.25, 0.3) is 22.2 Å². The predicted molar refractivity (Wildman–Crippen MR) is 120 cm³/mol. The maximum Gasteiger partial charge on any atom is 0.119 e. The number of ether oxygens (including phenoxy) is 1. The van der Waals surface area contributed by atoms with E-state index in [-0.39, 0.29) is 6.61 Å². The Kier molecular flexibility index (Phi) is 5.41. The minimum absolute atomic E-state index is 0.0235. The maximum atomic E-state index is 8.93. The van der Waals surface area contributed by atoms with Crippen LogP contribution in [0.4, 0.5) is 0 Å². The highest BCUT2D eigenvalue weighted by atomic mass is 16.5. The van der Waals surface area contributed by atoms with Gasteiger partial charge in [-0.2, -0.15) is 0 Å². The molecule has 1 aromatic heterocycles. The third-order valence-corrected chi connectivity index (χ3v) is 5.42. The highest BCUT2D eigenvalue weighted by Gasteiger charge is 2.16. The van der Waals surface area contributed by atoms with E-state index in [1.807, 2.05) is 12.1 Å². The van der Waals surface area contributed by atoms with Gasteiger partial charge in [-0.25, -0.2) is 0 Å². The molecule has 1 N–H and O–H groups in total. The van der Waals surface area contributed by atoms with Gasteiger partial charge >= 0.3 is 0 Å². The monoisotopic (exact) mass is 385 g/mol. The van der Waals surface area contributed by atoms with Gasteiger partial charge in [0.05, 0.1) is 12.3 Å². The van der Waals surface area contributed by atoms with E-state index in [9.17, 15) is 0 Å². The number of aliphatic hydroxyl groups excluding tert-OH is 1. The summed E-state index contributed by atoms with van der Waals surface area (Å²) in [7, 11) is 0. The third-order valence-electron chi connectivity index (χ3n) is 5.42. The van der Waals surface area contributed by atoms with Gasteiger partial charge in [0.1, 0.15) is 12.4 Å². The number of nitrogens with zero attached hydrogens (tertiary/aromatic N) is 1. The molecule has 0 saturated heterocycles. The van der Waals surface area contributed by atoms with Crippen molar-refractivity contribution in [3.05, 3.63) is 89.0 Å². The lowest BCUT2D eigenvalue weighted by Gasteiger charge is -2.13. The zero-order valence-electron chi connectivity index (χ0n) is 17.3. The molecule has 4 aromatic rings. The first-order valence-electron chi connectivity index (χ1n) is 10.1. The molecular formula is C26H27NO2. The summed E-state index contributed by atoms with van der Waals surface area (Å²) >= 11 is 0. The zero-order chi connectivity index (χ0) is 20.4. The predicted octanol–water partition coefficient (Wildman–Crippen LogP) is 5.65. The number of aryl methyl sites for hydroxylation is 3. The van der Waals surface area contributed by atoms with Gasteiger partial charge in [-0.3, -0.25) is 0 Å². The van der Waals surface area contributed by atoms with Crippen molar-refractivity contribution < 1.29 is 9.84 Å². The van der Waals surface area contributed by atoms with E-state index in [1.54, 1.807) is 0 Å². The number of aliphatic hydroxyl groups is 1. The van der Waals surface area contributed by atoms with Crippen LogP contribution < -0.4 is 4.74 Å². The van der Waals surface area contributed by atoms with Crippen molar-refractivity contribution in [2.24, 2.45) is 0 Å². The van der Waals surface area contributed by atoms with Crippen molar-refractivity contribution in [1.29, 1.82) is 0 Å². The lowest BCUT2D eigenvalue weighted by atomic mass is 10.0. The number of hydrogen-bond acceptors (Lipinski definition) is 2. The summed E-state index contributed by atoms with van der Waals surface area (Å²) in [6, 6.07) is 23.6. The molecule has 29 heavy (non-hydrogen) atoms. The third kappa shape index (κ3) is 3.92. The van der Waals surface area contributed by atoms with E-state index in [4.69, 9.17) is 9.84 Å². The molecule has 3 nitrogen and oxygen atoms in total. The Morgan fingerprint density at radius 1 is 0.828 bits per heavy atom. The molecular weight excluding hydrogens is 358 g/mol. The van der Waals surface area contributed by atoms with Gasteiger partial charge in [-0.1, -0.05) is 53.6 Å². The Bertz CT molecular complexity index is 1120. The molecule has 1 heterocycles. The molecule has 148 valence electrons. The van der Waals surface area contributed by atoms with Crippen molar-refractivity contribution >= 4 is 10.9 Å². The summed E-state index contributed by atoms with van der Waals surface area (Å²) in [5.41, 5.74) is 8.84. The summed E-state index contributed by atoms with van der Waals surface area (Å²) in [5, 5.41) is 10.2. The minimum Gasteiger partial charge on any atom is -0.491 e. The average molecular weight is 386 g/mol. The second-order valence-corrected chi connectivity index (χ2v) is 7.66. The summed E-state index contributed by atoms with van der Waals surface area (Å²) in [6.45, 7) is 7.62. The SMILES string of the molecule is Cc1ccc(-c2c(C)c3cc(C)ccc3n2Cc2ccc(OCCO)cc2)cc1. The number of hydrogen-bond donors (Lipinski definition) is 1. The van der Waals surface area contributed by atoms with Crippen molar-refractivity contribution in [2.75, 3.05) is 13.2 Å². The van der Waals surface area contributed by atoms with Crippen LogP contribution in [-0.4, -0.2) is 22.9 Å². The van der Waals surface area contributed by atoms with Crippen LogP contribution >= 0.6 is 0 Å². The molecule has 3 aromatic carbocycles. The molecule has 0 aliphatic heterocycles. The maximum absolute atomic E-state index is 8.93. The standard InChI is InChI=1S/C26H27NO2/c1-18-4-9-22(10-5-18)26-20(3)24-16-19(2)6-13-25(24)27(26)17-21-7-11-23(12-8-21)29-15-14-28/h4-13,16,28H,14-15,17H2,1-3H3. The van der Waals surface area contributed by atoms with Crippen LogP contribution in [0.1, 0.15) is 22.3 Å². The molecule has 0 aliphatic rings. The fourth-order valence-electron chi connectivity index (χ4n) is 3.92. The zero-order valence-corrected chi connectivity index (χ0v) is 17.3. The van der Waals surface area contributed by atoms with E-state index in [1.165, 1.54) is 44.4 Å². The van der Waals surface area contributed by atoms with Crippen molar-refractivity contribution in [2.45, 2.75) is 27.3 Å². The molecule has 0 amide bonds. The molecule has 3 heteroatoms. The van der Waals surface area contributed by atoms with Gasteiger partial charge in [0, 0.05) is 17.4 Å². The van der Waals surface area contributed by atoms with Crippen LogP contribution in [0.3, 0.4) is 0 Å². The number of rotatable bonds is 6. The van der Waals surface area contributed by atoms with Crippen LogP contribution in [0.5, 0.6) is 5.75 Å². The number of fused-ring (bicyclic) bond motifs is 1. The van der Waals surface area contributed by atoms with E-state index in [0.29, 0.717) is 6.61 Å². The molecule has 0 aliphatic carbocycles. The molecule has 4 rings (SSSR count). The second kappa shape index (κ2) is 8.14. The molecule has 0 atom stereocenters. The van der Waals surface area contributed by atoms with Gasteiger partial charge in [0.2, 0.25) is 0 Å². The van der Waals surface area contributed by atoms with Crippen LogP contribution in [-0.2, 0) is 6.54 Å². The van der Waals surface area contributed by atoms with E-state index in [0.717, 1.165) is 12.3 Å². The number of benzene rings is 3. The summed E-state index contributed by atoms with van der Waals surface area (Å²) in [6.07, 6.45) is 0. The molecule has 0 spiro atoms. The first-order valence-corrected chi connectivity index (χ1v) is 10.1. The van der Waals surface area contributed by atoms with Crippen molar-refractivity contribution in [3.63, 3.8) is 0 Å². The van der Waals surface area contributed by atoms with Gasteiger partial charge < -0.3 is 14.4 Å². The molecule has 0 saturated carbocycles. The lowest BCUT2D eigenvalue weighted by Crippen LogP contribution is -2.04. The Hall–Kier alpha value is -3.04. The van der Waals surface area contributed by atoms with Gasteiger partial charge in [-0.05, 0) is 61.7 Å². The van der Waals surface area contributed by atoms with E-state index in [2.05, 4.69) is 79.9 Å². The lowest BCUT2D eigenvalue weighted by molar-refractivity contribution is 0.201. The largest absolute Gasteiger partial charge is 0.491 e. The van der Waals surface area contributed by atoms with Crippen LogP contribution in [0, 0.1) is 20.8 Å². The average Bonchev–Trinajstić information content (AvgIpc) is 2.99. The molecule has 0 fully saturated rings. The van der Waals surface area contributed by atoms with E-state index < -0.39 is 0 Å². The topological polar surface area (TPSA) is 34.4 Å². The van der Waals surface area contributed by atoms with Gasteiger partial charge in [-0.15, -0.1) is 0 Å². The quantitative estimate of drug-likeness (QED) is 0.465. The van der Waals surface area contributed by atoms with Crippen molar-refractivity contribution in [3.8, 4) is 17.0 Å². The van der Waals surface area contributed by atoms with Gasteiger partial charge in [0.15, 0.2) is 0 Å². The van der Waals surface area contributed by atoms with Crippen LogP contribution in [0.2, 0.25) is 0 Å². The normalized spacial score (nSPS) is 11.2. The summed E-state index contributed by atoms with van der Waals surface area (Å²) < 4.78 is 7.91. The first-order chi connectivity index (χ1) is 14.1. The highest BCUT2D eigenvalue weighted by Crippen LogP contribution is 2.34. The fraction of sp³-hybridized carbons (Fsp3) is 0.231. The van der Waals surface area contributed by atoms with Crippen LogP contribution in [0.15, 0.2) is 66.7 Å². The Labute approximate surface area is 172 Å². The molecule has 0 radical (unpaired) electrons. The first kappa shape index (κ1) is 19.3. The summed E-state index contributed by atoms with van der Waals surface area (Å²) in [5.74, 6) is 0.783. The molecule has 0 bridgehead atoms. The summed E-state index contributed by atoms with van der Waals surface area (Å²) in [4.78, 5) is 0. The Morgan fingerprint density at radius 3 is 2.21 bits per heavy atom. The number of aromatic nitrogens is 1. The van der Waals surface area contributed by atoms with Crippen molar-refractivity contribution in [1.82, 2.24) is 4.57 Å². The fourth-order valence-corrected chi connectivity index (χ4v) is 3.92. The smallest absolute Gasteiger partial charge is 0.119 e. The Morgan fingerprint density at radius 2 is 1.52 bits per heavy atom.